The Labute approximate surface area is 240 Å². The van der Waals surface area contributed by atoms with E-state index >= 15 is 0 Å². The van der Waals surface area contributed by atoms with Gasteiger partial charge in [0.05, 0.1) is 5.52 Å². The molecule has 2 N–H and O–H groups in total. The maximum Gasteiger partial charge on any atom is 0.227 e. The molecule has 0 unspecified atom stereocenters. The molecule has 2 saturated heterocycles. The Hall–Kier alpha value is -2.90. The van der Waals surface area contributed by atoms with Crippen LogP contribution in [-0.4, -0.2) is 74.8 Å². The van der Waals surface area contributed by atoms with E-state index in [1.54, 1.807) is 0 Å². The van der Waals surface area contributed by atoms with Crippen molar-refractivity contribution >= 4 is 33.9 Å². The fraction of sp³-hybridized carbons (Fsp3) is 0.576. The van der Waals surface area contributed by atoms with E-state index in [0.29, 0.717) is 11.9 Å². The van der Waals surface area contributed by atoms with Crippen LogP contribution in [0, 0.1) is 5.92 Å². The molecule has 3 aliphatic rings. The third-order valence-corrected chi connectivity index (χ3v) is 9.41. The standard InChI is InChI=1S/C33H47N7/c1-38(2)30-14-9-27-24-35-33(37-32(27)31(30)26-7-3-4-8-26)36-28-10-12-29(13-11-28)40-20-15-25(16-21-40)6-5-19-39-22-17-34-18-23-39/h9-14,24-26,34H,3-8,15-23H2,1-2H3,(H,35,36,37). The smallest absolute Gasteiger partial charge is 0.227 e. The van der Waals surface area contributed by atoms with Gasteiger partial charge in [0.1, 0.15) is 0 Å². The molecule has 3 heterocycles. The Morgan fingerprint density at radius 3 is 2.40 bits per heavy atom. The number of anilines is 4. The van der Waals surface area contributed by atoms with Gasteiger partial charge in [0.15, 0.2) is 0 Å². The molecule has 3 fully saturated rings. The number of nitrogens with zero attached hydrogens (tertiary/aromatic N) is 5. The zero-order valence-corrected chi connectivity index (χ0v) is 24.5. The van der Waals surface area contributed by atoms with Crippen molar-refractivity contribution in [2.24, 2.45) is 5.92 Å². The Morgan fingerprint density at radius 1 is 0.925 bits per heavy atom. The summed E-state index contributed by atoms with van der Waals surface area (Å²) in [5.74, 6) is 2.14. The number of benzene rings is 2. The van der Waals surface area contributed by atoms with Gasteiger partial charge in [-0.05, 0) is 93.3 Å². The van der Waals surface area contributed by atoms with Crippen LogP contribution < -0.4 is 20.4 Å². The molecule has 0 spiro atoms. The number of piperazine rings is 1. The second-order valence-corrected chi connectivity index (χ2v) is 12.3. The first kappa shape index (κ1) is 27.3. The fourth-order valence-electron chi connectivity index (χ4n) is 7.08. The number of hydrogen-bond acceptors (Lipinski definition) is 7. The molecule has 0 bridgehead atoms. The molecule has 7 heteroatoms. The predicted octanol–water partition coefficient (Wildman–Crippen LogP) is 6.00. The molecule has 6 rings (SSSR count). The van der Waals surface area contributed by atoms with E-state index in [9.17, 15) is 0 Å². The quantitative estimate of drug-likeness (QED) is 0.345. The van der Waals surface area contributed by atoms with Gasteiger partial charge in [0, 0.05) is 87.6 Å². The van der Waals surface area contributed by atoms with Crippen LogP contribution in [0.1, 0.15) is 62.8 Å². The first-order valence-electron chi connectivity index (χ1n) is 15.7. The molecule has 2 aliphatic heterocycles. The maximum atomic E-state index is 5.07. The highest BCUT2D eigenvalue weighted by atomic mass is 15.2. The second-order valence-electron chi connectivity index (χ2n) is 12.3. The molecule has 7 nitrogen and oxygen atoms in total. The van der Waals surface area contributed by atoms with Crippen molar-refractivity contribution in [1.82, 2.24) is 20.2 Å². The van der Waals surface area contributed by atoms with Gasteiger partial charge in [-0.15, -0.1) is 0 Å². The summed E-state index contributed by atoms with van der Waals surface area (Å²) < 4.78 is 0. The fourth-order valence-corrected chi connectivity index (χ4v) is 7.08. The van der Waals surface area contributed by atoms with Crippen LogP contribution >= 0.6 is 0 Å². The lowest BCUT2D eigenvalue weighted by Gasteiger charge is -2.34. The first-order chi connectivity index (χ1) is 19.6. The van der Waals surface area contributed by atoms with Crippen LogP contribution in [0.2, 0.25) is 0 Å². The van der Waals surface area contributed by atoms with E-state index in [1.807, 2.05) is 6.20 Å². The SMILES string of the molecule is CN(C)c1ccc2cnc(Nc3ccc(N4CCC(CCCN5CCNCC5)CC4)cc3)nc2c1C1CCCC1. The molecule has 2 aromatic carbocycles. The number of aromatic nitrogens is 2. The van der Waals surface area contributed by atoms with Gasteiger partial charge in [0.25, 0.3) is 0 Å². The van der Waals surface area contributed by atoms with E-state index < -0.39 is 0 Å². The molecule has 0 atom stereocenters. The van der Waals surface area contributed by atoms with E-state index in [1.165, 1.54) is 87.9 Å². The van der Waals surface area contributed by atoms with Crippen molar-refractivity contribution in [2.45, 2.75) is 57.3 Å². The van der Waals surface area contributed by atoms with Gasteiger partial charge in [-0.1, -0.05) is 12.8 Å². The zero-order valence-electron chi connectivity index (χ0n) is 24.5. The summed E-state index contributed by atoms with van der Waals surface area (Å²) in [5, 5.41) is 8.07. The number of fused-ring (bicyclic) bond motifs is 1. The molecule has 1 aromatic heterocycles. The molecular formula is C33H47N7. The highest BCUT2D eigenvalue weighted by Crippen LogP contribution is 2.42. The minimum Gasteiger partial charge on any atom is -0.377 e. The van der Waals surface area contributed by atoms with Crippen LogP contribution in [-0.2, 0) is 0 Å². The lowest BCUT2D eigenvalue weighted by atomic mass is 9.92. The Balaban J connectivity index is 1.06. The van der Waals surface area contributed by atoms with Gasteiger partial charge >= 0.3 is 0 Å². The van der Waals surface area contributed by atoms with Crippen LogP contribution in [0.4, 0.5) is 23.0 Å². The monoisotopic (exact) mass is 541 g/mol. The average molecular weight is 542 g/mol. The zero-order chi connectivity index (χ0) is 27.3. The lowest BCUT2D eigenvalue weighted by Crippen LogP contribution is -2.43. The molecule has 214 valence electrons. The van der Waals surface area contributed by atoms with Crippen LogP contribution in [0.5, 0.6) is 0 Å². The Morgan fingerprint density at radius 2 is 1.68 bits per heavy atom. The van der Waals surface area contributed by atoms with Gasteiger partial charge in [-0.25, -0.2) is 9.97 Å². The van der Waals surface area contributed by atoms with Crippen molar-refractivity contribution in [3.05, 3.63) is 48.2 Å². The van der Waals surface area contributed by atoms with Gasteiger partial charge in [-0.3, -0.25) is 0 Å². The van der Waals surface area contributed by atoms with Crippen LogP contribution in [0.3, 0.4) is 0 Å². The Kier molecular flexibility index (Phi) is 8.68. The topological polar surface area (TPSA) is 59.6 Å². The van der Waals surface area contributed by atoms with Crippen molar-refractivity contribution in [1.29, 1.82) is 0 Å². The summed E-state index contributed by atoms with van der Waals surface area (Å²) >= 11 is 0. The highest BCUT2D eigenvalue weighted by molar-refractivity contribution is 5.88. The maximum absolute atomic E-state index is 5.07. The molecule has 1 aliphatic carbocycles. The summed E-state index contributed by atoms with van der Waals surface area (Å²) in [6, 6.07) is 13.3. The van der Waals surface area contributed by atoms with E-state index in [2.05, 4.69) is 80.8 Å². The molecule has 0 amide bonds. The third-order valence-electron chi connectivity index (χ3n) is 9.41. The van der Waals surface area contributed by atoms with E-state index in [0.717, 1.165) is 48.7 Å². The molecule has 40 heavy (non-hydrogen) atoms. The normalized spacial score (nSPS) is 19.4. The van der Waals surface area contributed by atoms with E-state index in [4.69, 9.17) is 4.98 Å². The summed E-state index contributed by atoms with van der Waals surface area (Å²) in [7, 11) is 4.28. The predicted molar refractivity (Wildman–Crippen MR) is 168 cm³/mol. The molecular weight excluding hydrogens is 494 g/mol. The van der Waals surface area contributed by atoms with Crippen LogP contribution in [0.15, 0.2) is 42.6 Å². The molecule has 3 aromatic rings. The first-order valence-corrected chi connectivity index (χ1v) is 15.7. The van der Waals surface area contributed by atoms with Gasteiger partial charge in [0.2, 0.25) is 5.95 Å². The largest absolute Gasteiger partial charge is 0.377 e. The van der Waals surface area contributed by atoms with Crippen LogP contribution in [0.25, 0.3) is 10.9 Å². The number of hydrogen-bond donors (Lipinski definition) is 2. The summed E-state index contributed by atoms with van der Waals surface area (Å²) in [6.07, 6.45) is 12.4. The summed E-state index contributed by atoms with van der Waals surface area (Å²) in [4.78, 5) is 17.1. The van der Waals surface area contributed by atoms with Gasteiger partial charge < -0.3 is 25.3 Å². The van der Waals surface area contributed by atoms with Crippen molar-refractivity contribution < 1.29 is 0 Å². The van der Waals surface area contributed by atoms with Crippen molar-refractivity contribution in [2.75, 3.05) is 75.0 Å². The summed E-state index contributed by atoms with van der Waals surface area (Å²) in [5.41, 5.74) is 6.15. The number of piperidine rings is 1. The molecule has 0 radical (unpaired) electrons. The minimum atomic E-state index is 0.583. The van der Waals surface area contributed by atoms with Crippen molar-refractivity contribution in [3.63, 3.8) is 0 Å². The average Bonchev–Trinajstić information content (AvgIpc) is 3.53. The van der Waals surface area contributed by atoms with E-state index in [-0.39, 0.29) is 0 Å². The lowest BCUT2D eigenvalue weighted by molar-refractivity contribution is 0.227. The number of nitrogens with one attached hydrogen (secondary N) is 2. The number of rotatable bonds is 9. The highest BCUT2D eigenvalue weighted by Gasteiger charge is 2.24. The summed E-state index contributed by atoms with van der Waals surface area (Å²) in [6.45, 7) is 8.34. The van der Waals surface area contributed by atoms with Gasteiger partial charge in [-0.2, -0.15) is 0 Å². The third kappa shape index (κ3) is 6.36. The van der Waals surface area contributed by atoms with Crippen molar-refractivity contribution in [3.8, 4) is 0 Å². The molecule has 1 saturated carbocycles. The minimum absolute atomic E-state index is 0.583. The Bertz CT molecular complexity index is 1240. The second kappa shape index (κ2) is 12.7.